The Labute approximate surface area is 202 Å². The molecule has 36 heavy (non-hydrogen) atoms. The first-order valence-corrected chi connectivity index (χ1v) is 12.4. The van der Waals surface area contributed by atoms with E-state index < -0.39 is 37.6 Å². The minimum Gasteiger partial charge on any atom is -0.464 e. The lowest BCUT2D eigenvalue weighted by atomic mass is 9.86. The molecule has 0 fully saturated rings. The Morgan fingerprint density at radius 2 is 2.03 bits per heavy atom. The van der Waals surface area contributed by atoms with Gasteiger partial charge in [-0.1, -0.05) is 6.92 Å². The van der Waals surface area contributed by atoms with Crippen LogP contribution in [-0.2, 0) is 37.4 Å². The SMILES string of the molecule is CC[C@@]1(O)C(=O)OCc2c1cc1n(c2=O)Cc2c-1nc1cc(F)c(OCOP(=O)(O)O)cc1c2NC. The first-order valence-electron chi connectivity index (χ1n) is 10.8. The fourth-order valence-corrected chi connectivity index (χ4v) is 4.83. The maximum Gasteiger partial charge on any atom is 0.472 e. The average Bonchev–Trinajstić information content (AvgIpc) is 3.18. The molecule has 190 valence electrons. The highest BCUT2D eigenvalue weighted by molar-refractivity contribution is 7.46. The van der Waals surface area contributed by atoms with Gasteiger partial charge in [0.15, 0.2) is 17.2 Å². The molecular weight excluding hydrogens is 500 g/mol. The molecule has 0 spiro atoms. The number of nitrogens with one attached hydrogen (secondary N) is 1. The lowest BCUT2D eigenvalue weighted by Gasteiger charge is -2.31. The molecule has 0 saturated heterocycles. The minimum absolute atomic E-state index is 0.00121. The van der Waals surface area contributed by atoms with Gasteiger partial charge in [-0.05, 0) is 18.6 Å². The molecule has 14 heteroatoms. The van der Waals surface area contributed by atoms with Gasteiger partial charge in [0.25, 0.3) is 5.56 Å². The second-order valence-electron chi connectivity index (χ2n) is 8.35. The second kappa shape index (κ2) is 8.36. The quantitative estimate of drug-likeness (QED) is 0.165. The fourth-order valence-electron chi connectivity index (χ4n) is 4.64. The van der Waals surface area contributed by atoms with E-state index in [0.717, 1.165) is 6.07 Å². The smallest absolute Gasteiger partial charge is 0.464 e. The highest BCUT2D eigenvalue weighted by atomic mass is 31.2. The summed E-state index contributed by atoms with van der Waals surface area (Å²) >= 11 is 0. The summed E-state index contributed by atoms with van der Waals surface area (Å²) in [4.78, 5) is 47.8. The van der Waals surface area contributed by atoms with Crippen molar-refractivity contribution >= 4 is 30.4 Å². The Hall–Kier alpha value is -3.35. The van der Waals surface area contributed by atoms with Gasteiger partial charge >= 0.3 is 13.8 Å². The van der Waals surface area contributed by atoms with Gasteiger partial charge in [-0.15, -0.1) is 0 Å². The van der Waals surface area contributed by atoms with Crippen LogP contribution in [0.15, 0.2) is 23.0 Å². The van der Waals surface area contributed by atoms with E-state index in [9.17, 15) is 23.7 Å². The Morgan fingerprint density at radius 1 is 1.28 bits per heavy atom. The van der Waals surface area contributed by atoms with E-state index in [1.165, 1.54) is 10.6 Å². The van der Waals surface area contributed by atoms with E-state index in [-0.39, 0.29) is 42.0 Å². The van der Waals surface area contributed by atoms with Crippen LogP contribution < -0.4 is 15.6 Å². The van der Waals surface area contributed by atoms with E-state index in [2.05, 4.69) is 14.8 Å². The van der Waals surface area contributed by atoms with Crippen LogP contribution in [0.1, 0.15) is 30.0 Å². The minimum atomic E-state index is -4.81. The Balaban J connectivity index is 1.66. The van der Waals surface area contributed by atoms with Crippen LogP contribution in [0, 0.1) is 5.82 Å². The normalized spacial score (nSPS) is 18.4. The fraction of sp³-hybridized carbons (Fsp3) is 0.318. The topological polar surface area (TPSA) is 169 Å². The molecule has 0 saturated carbocycles. The van der Waals surface area contributed by atoms with Crippen molar-refractivity contribution in [3.63, 3.8) is 0 Å². The Morgan fingerprint density at radius 3 is 2.69 bits per heavy atom. The molecular formula is C22H21FN3O9P. The number of phosphoric acid groups is 1. The molecule has 1 atom stereocenters. The van der Waals surface area contributed by atoms with Crippen molar-refractivity contribution in [2.75, 3.05) is 19.2 Å². The first kappa shape index (κ1) is 24.3. The summed E-state index contributed by atoms with van der Waals surface area (Å²) in [6.45, 7) is 0.576. The van der Waals surface area contributed by atoms with Gasteiger partial charge in [-0.25, -0.2) is 23.3 Å². The number of esters is 1. The number of phosphoric ester groups is 1. The Bertz CT molecular complexity index is 1550. The molecule has 2 aliphatic heterocycles. The molecule has 3 aromatic rings. The number of carbonyl (C=O) groups is 1. The molecule has 4 heterocycles. The van der Waals surface area contributed by atoms with Gasteiger partial charge in [0.2, 0.25) is 6.79 Å². The van der Waals surface area contributed by atoms with E-state index in [1.54, 1.807) is 20.0 Å². The van der Waals surface area contributed by atoms with Crippen LogP contribution >= 0.6 is 7.82 Å². The number of aliphatic hydroxyl groups is 1. The highest BCUT2D eigenvalue weighted by Gasteiger charge is 2.45. The molecule has 4 N–H and O–H groups in total. The highest BCUT2D eigenvalue weighted by Crippen LogP contribution is 2.43. The molecule has 0 radical (unpaired) electrons. The predicted octanol–water partition coefficient (Wildman–Crippen LogP) is 1.71. The van der Waals surface area contributed by atoms with E-state index in [1.807, 2.05) is 0 Å². The summed E-state index contributed by atoms with van der Waals surface area (Å²) in [5.74, 6) is -2.00. The standard InChI is InChI=1S/C22H21FN3O9P/c1-3-22(29)13-5-16-19-11(7-26(16)20(27)12(13)8-33-21(22)28)18(24-2)10-4-17(14(23)6-15(10)25-19)34-9-35-36(30,31)32/h4-6,29H,3,7-9H2,1-2H3,(H,24,25)(H2,30,31,32)/t22-/m0/s1. The molecule has 2 aromatic heterocycles. The molecule has 0 aliphatic carbocycles. The van der Waals surface area contributed by atoms with E-state index in [0.29, 0.717) is 28.0 Å². The predicted molar refractivity (Wildman–Crippen MR) is 123 cm³/mol. The number of benzene rings is 1. The van der Waals surface area contributed by atoms with Gasteiger partial charge in [0, 0.05) is 29.6 Å². The number of hydrogen-bond donors (Lipinski definition) is 4. The number of halogens is 1. The third kappa shape index (κ3) is 3.67. The van der Waals surface area contributed by atoms with Crippen LogP contribution in [0.4, 0.5) is 10.1 Å². The monoisotopic (exact) mass is 521 g/mol. The average molecular weight is 521 g/mol. The van der Waals surface area contributed by atoms with E-state index >= 15 is 0 Å². The van der Waals surface area contributed by atoms with Crippen molar-refractivity contribution in [3.8, 4) is 17.1 Å². The molecule has 0 amide bonds. The number of ether oxygens (including phenoxy) is 2. The van der Waals surface area contributed by atoms with Gasteiger partial charge < -0.3 is 34.3 Å². The van der Waals surface area contributed by atoms with Crippen LogP contribution in [0.25, 0.3) is 22.3 Å². The summed E-state index contributed by atoms with van der Waals surface area (Å²) in [6, 6.07) is 3.95. The number of cyclic esters (lactones) is 1. The maximum atomic E-state index is 14.7. The number of rotatable bonds is 6. The number of hydrogen-bond acceptors (Lipinski definition) is 9. The summed E-state index contributed by atoms with van der Waals surface area (Å²) in [6.07, 6.45) is 0.00121. The van der Waals surface area contributed by atoms with E-state index in [4.69, 9.17) is 19.3 Å². The van der Waals surface area contributed by atoms with Crippen molar-refractivity contribution in [1.82, 2.24) is 9.55 Å². The molecule has 1 aromatic carbocycles. The second-order valence-corrected chi connectivity index (χ2v) is 9.59. The van der Waals surface area contributed by atoms with Gasteiger partial charge in [0.05, 0.1) is 34.7 Å². The van der Waals surface area contributed by atoms with Crippen molar-refractivity contribution in [1.29, 1.82) is 0 Å². The number of carbonyl (C=O) groups excluding carboxylic acids is 1. The van der Waals surface area contributed by atoms with Gasteiger partial charge in [-0.2, -0.15) is 0 Å². The molecule has 5 rings (SSSR count). The van der Waals surface area contributed by atoms with Crippen molar-refractivity contribution < 1.29 is 42.6 Å². The zero-order valence-electron chi connectivity index (χ0n) is 19.1. The van der Waals surface area contributed by atoms with Crippen LogP contribution in [0.2, 0.25) is 0 Å². The zero-order chi connectivity index (χ0) is 26.0. The van der Waals surface area contributed by atoms with Crippen molar-refractivity contribution in [3.05, 3.63) is 51.1 Å². The zero-order valence-corrected chi connectivity index (χ0v) is 20.0. The number of aromatic nitrogens is 2. The molecule has 12 nitrogen and oxygen atoms in total. The van der Waals surface area contributed by atoms with Gasteiger partial charge in [0.1, 0.15) is 6.61 Å². The third-order valence-electron chi connectivity index (χ3n) is 6.43. The summed E-state index contributed by atoms with van der Waals surface area (Å²) in [5, 5.41) is 14.5. The largest absolute Gasteiger partial charge is 0.472 e. The summed E-state index contributed by atoms with van der Waals surface area (Å²) in [7, 11) is -3.17. The van der Waals surface area contributed by atoms with Gasteiger partial charge in [-0.3, -0.25) is 4.79 Å². The van der Waals surface area contributed by atoms with Crippen LogP contribution in [-0.4, -0.2) is 44.3 Å². The molecule has 2 aliphatic rings. The molecule has 0 unspecified atom stereocenters. The first-order chi connectivity index (χ1) is 17.0. The summed E-state index contributed by atoms with van der Waals surface area (Å²) < 4.78 is 41.4. The van der Waals surface area contributed by atoms with Crippen LogP contribution in [0.5, 0.6) is 5.75 Å². The maximum absolute atomic E-state index is 14.7. The number of nitrogens with zero attached hydrogens (tertiary/aromatic N) is 2. The number of pyridine rings is 2. The lowest BCUT2D eigenvalue weighted by molar-refractivity contribution is -0.172. The van der Waals surface area contributed by atoms with Crippen molar-refractivity contribution in [2.24, 2.45) is 0 Å². The lowest BCUT2D eigenvalue weighted by Crippen LogP contribution is -2.44. The number of anilines is 1. The third-order valence-corrected chi connectivity index (χ3v) is 6.87. The Kier molecular flexibility index (Phi) is 5.65. The molecule has 0 bridgehead atoms. The number of fused-ring (bicyclic) bond motifs is 5. The van der Waals surface area contributed by atoms with Crippen molar-refractivity contribution in [2.45, 2.75) is 32.1 Å². The van der Waals surface area contributed by atoms with Crippen LogP contribution in [0.3, 0.4) is 0 Å². The summed E-state index contributed by atoms with van der Waals surface area (Å²) in [5.41, 5.74) is 0.0260.